The van der Waals surface area contributed by atoms with E-state index in [9.17, 15) is 5.11 Å². The van der Waals surface area contributed by atoms with Crippen molar-refractivity contribution in [3.63, 3.8) is 0 Å². The van der Waals surface area contributed by atoms with E-state index in [2.05, 4.69) is 9.88 Å². The standard InChI is InChI=1S/C12H19N3O/c1-12(16)4-2-6-15(9-12)11-7-10(8-13)3-5-14-11/h3,5,7,16H,2,4,6,8-9,13H2,1H3. The predicted molar refractivity (Wildman–Crippen MR) is 64.2 cm³/mol. The molecule has 0 spiro atoms. The van der Waals surface area contributed by atoms with E-state index in [1.165, 1.54) is 0 Å². The Morgan fingerprint density at radius 1 is 1.62 bits per heavy atom. The molecule has 3 N–H and O–H groups in total. The quantitative estimate of drug-likeness (QED) is 0.778. The summed E-state index contributed by atoms with van der Waals surface area (Å²) in [7, 11) is 0. The van der Waals surface area contributed by atoms with Gasteiger partial charge in [-0.05, 0) is 37.5 Å². The molecule has 1 aromatic heterocycles. The molecule has 16 heavy (non-hydrogen) atoms. The SMILES string of the molecule is CC1(O)CCCN(c2cc(CN)ccn2)C1. The lowest BCUT2D eigenvalue weighted by Gasteiger charge is -2.37. The third-order valence-electron chi connectivity index (χ3n) is 3.04. The predicted octanol–water partition coefficient (Wildman–Crippen LogP) is 0.892. The molecule has 1 atom stereocenters. The average Bonchev–Trinajstić information content (AvgIpc) is 2.28. The van der Waals surface area contributed by atoms with Gasteiger partial charge in [0.05, 0.1) is 5.60 Å². The van der Waals surface area contributed by atoms with E-state index in [1.54, 1.807) is 6.20 Å². The monoisotopic (exact) mass is 221 g/mol. The number of rotatable bonds is 2. The summed E-state index contributed by atoms with van der Waals surface area (Å²) in [4.78, 5) is 6.46. The third-order valence-corrected chi connectivity index (χ3v) is 3.04. The lowest BCUT2D eigenvalue weighted by Crippen LogP contribution is -2.46. The maximum Gasteiger partial charge on any atom is 0.128 e. The number of nitrogens with two attached hydrogens (primary N) is 1. The van der Waals surface area contributed by atoms with Crippen LogP contribution in [0.15, 0.2) is 18.3 Å². The summed E-state index contributed by atoms with van der Waals surface area (Å²) in [5, 5.41) is 10.0. The molecule has 0 radical (unpaired) electrons. The number of aromatic nitrogens is 1. The Balaban J connectivity index is 2.16. The van der Waals surface area contributed by atoms with Crippen LogP contribution in [0.4, 0.5) is 5.82 Å². The Kier molecular flexibility index (Phi) is 3.12. The second kappa shape index (κ2) is 4.39. The van der Waals surface area contributed by atoms with Gasteiger partial charge in [-0.15, -0.1) is 0 Å². The Hall–Kier alpha value is -1.13. The molecule has 0 aromatic carbocycles. The average molecular weight is 221 g/mol. The van der Waals surface area contributed by atoms with Gasteiger partial charge in [-0.25, -0.2) is 4.98 Å². The molecule has 1 aliphatic heterocycles. The lowest BCUT2D eigenvalue weighted by atomic mass is 9.95. The van der Waals surface area contributed by atoms with Crippen molar-refractivity contribution < 1.29 is 5.11 Å². The third kappa shape index (κ3) is 2.51. The first-order valence-electron chi connectivity index (χ1n) is 5.73. The van der Waals surface area contributed by atoms with Gasteiger partial charge in [-0.3, -0.25) is 0 Å². The second-order valence-electron chi connectivity index (χ2n) is 4.75. The van der Waals surface area contributed by atoms with E-state index in [0.717, 1.165) is 30.8 Å². The topological polar surface area (TPSA) is 62.4 Å². The van der Waals surface area contributed by atoms with E-state index >= 15 is 0 Å². The molecule has 0 saturated carbocycles. The number of aliphatic hydroxyl groups is 1. The highest BCUT2D eigenvalue weighted by atomic mass is 16.3. The molecule has 2 rings (SSSR count). The van der Waals surface area contributed by atoms with Gasteiger partial charge < -0.3 is 15.7 Å². The number of piperidine rings is 1. The van der Waals surface area contributed by atoms with Crippen LogP contribution in [0.25, 0.3) is 0 Å². The van der Waals surface area contributed by atoms with Crippen LogP contribution in [0.3, 0.4) is 0 Å². The van der Waals surface area contributed by atoms with Crippen molar-refractivity contribution in [3.05, 3.63) is 23.9 Å². The molecule has 4 nitrogen and oxygen atoms in total. The molecule has 1 saturated heterocycles. The molecule has 2 heterocycles. The van der Waals surface area contributed by atoms with Crippen LogP contribution in [0.1, 0.15) is 25.3 Å². The molecule has 0 bridgehead atoms. The van der Waals surface area contributed by atoms with Gasteiger partial charge in [-0.2, -0.15) is 0 Å². The van der Waals surface area contributed by atoms with Crippen LogP contribution in [0, 0.1) is 0 Å². The van der Waals surface area contributed by atoms with E-state index in [0.29, 0.717) is 13.1 Å². The molecule has 0 amide bonds. The highest BCUT2D eigenvalue weighted by Gasteiger charge is 2.28. The number of hydrogen-bond donors (Lipinski definition) is 2. The fourth-order valence-electron chi connectivity index (χ4n) is 2.18. The zero-order valence-corrected chi connectivity index (χ0v) is 9.69. The first kappa shape index (κ1) is 11.4. The van der Waals surface area contributed by atoms with Gasteiger partial charge in [0.25, 0.3) is 0 Å². The van der Waals surface area contributed by atoms with E-state index in [4.69, 9.17) is 5.73 Å². The van der Waals surface area contributed by atoms with E-state index in [-0.39, 0.29) is 0 Å². The minimum absolute atomic E-state index is 0.528. The minimum atomic E-state index is -0.599. The van der Waals surface area contributed by atoms with Gasteiger partial charge in [-0.1, -0.05) is 0 Å². The van der Waals surface area contributed by atoms with Gasteiger partial charge in [0, 0.05) is 25.8 Å². The summed E-state index contributed by atoms with van der Waals surface area (Å²) in [5.41, 5.74) is 6.09. The van der Waals surface area contributed by atoms with E-state index in [1.807, 2.05) is 19.1 Å². The molecule has 88 valence electrons. The molecule has 1 aliphatic rings. The molecule has 1 unspecified atom stereocenters. The van der Waals surface area contributed by atoms with Crippen molar-refractivity contribution in [1.82, 2.24) is 4.98 Å². The van der Waals surface area contributed by atoms with Crippen LogP contribution in [-0.2, 0) is 6.54 Å². The Morgan fingerprint density at radius 3 is 3.12 bits per heavy atom. The molecular formula is C12H19N3O. The van der Waals surface area contributed by atoms with Crippen molar-refractivity contribution in [2.24, 2.45) is 5.73 Å². The fraction of sp³-hybridized carbons (Fsp3) is 0.583. The maximum atomic E-state index is 10.0. The number of hydrogen-bond acceptors (Lipinski definition) is 4. The maximum absolute atomic E-state index is 10.0. The van der Waals surface area contributed by atoms with Crippen LogP contribution >= 0.6 is 0 Å². The Labute approximate surface area is 96.1 Å². The largest absolute Gasteiger partial charge is 0.388 e. The zero-order chi connectivity index (χ0) is 11.6. The summed E-state index contributed by atoms with van der Waals surface area (Å²) in [6.45, 7) is 4.01. The smallest absolute Gasteiger partial charge is 0.128 e. The molecule has 0 aliphatic carbocycles. The van der Waals surface area contributed by atoms with Gasteiger partial charge in [0.2, 0.25) is 0 Å². The normalized spacial score (nSPS) is 25.8. The molecule has 1 fully saturated rings. The summed E-state index contributed by atoms with van der Waals surface area (Å²) in [6.07, 6.45) is 3.64. The van der Waals surface area contributed by atoms with Gasteiger partial charge in [0.1, 0.15) is 5.82 Å². The van der Waals surface area contributed by atoms with Gasteiger partial charge >= 0.3 is 0 Å². The summed E-state index contributed by atoms with van der Waals surface area (Å²) in [5.74, 6) is 0.919. The Morgan fingerprint density at radius 2 is 2.44 bits per heavy atom. The van der Waals surface area contributed by atoms with Crippen molar-refractivity contribution in [1.29, 1.82) is 0 Å². The fourth-order valence-corrected chi connectivity index (χ4v) is 2.18. The number of anilines is 1. The second-order valence-corrected chi connectivity index (χ2v) is 4.75. The highest BCUT2D eigenvalue weighted by molar-refractivity contribution is 5.42. The van der Waals surface area contributed by atoms with E-state index < -0.39 is 5.60 Å². The van der Waals surface area contributed by atoms with Crippen LogP contribution < -0.4 is 10.6 Å². The number of nitrogens with zero attached hydrogens (tertiary/aromatic N) is 2. The van der Waals surface area contributed by atoms with Crippen LogP contribution in [-0.4, -0.2) is 28.8 Å². The highest BCUT2D eigenvalue weighted by Crippen LogP contribution is 2.24. The summed E-state index contributed by atoms with van der Waals surface area (Å²) >= 11 is 0. The molecular weight excluding hydrogens is 202 g/mol. The first-order valence-corrected chi connectivity index (χ1v) is 5.73. The zero-order valence-electron chi connectivity index (χ0n) is 9.69. The van der Waals surface area contributed by atoms with Crippen molar-refractivity contribution in [2.75, 3.05) is 18.0 Å². The first-order chi connectivity index (χ1) is 7.61. The van der Waals surface area contributed by atoms with Crippen molar-refractivity contribution in [3.8, 4) is 0 Å². The minimum Gasteiger partial charge on any atom is -0.388 e. The van der Waals surface area contributed by atoms with Crippen molar-refractivity contribution >= 4 is 5.82 Å². The lowest BCUT2D eigenvalue weighted by molar-refractivity contribution is 0.0447. The molecule has 4 heteroatoms. The van der Waals surface area contributed by atoms with Crippen LogP contribution in [0.2, 0.25) is 0 Å². The molecule has 1 aromatic rings. The Bertz CT molecular complexity index is 365. The van der Waals surface area contributed by atoms with Gasteiger partial charge in [0.15, 0.2) is 0 Å². The van der Waals surface area contributed by atoms with Crippen LogP contribution in [0.5, 0.6) is 0 Å². The van der Waals surface area contributed by atoms with Crippen molar-refractivity contribution in [2.45, 2.75) is 31.9 Å². The number of β-amino-alcohol motifs (C(OH)–C–C–N with tert-alkyl or cyclic N) is 1. The number of pyridine rings is 1. The summed E-state index contributed by atoms with van der Waals surface area (Å²) < 4.78 is 0. The summed E-state index contributed by atoms with van der Waals surface area (Å²) in [6, 6.07) is 3.92.